The van der Waals surface area contributed by atoms with Gasteiger partial charge in [-0.15, -0.1) is 0 Å². The predicted molar refractivity (Wildman–Crippen MR) is 323 cm³/mol. The quantitative estimate of drug-likeness (QED) is 0.0204. The minimum absolute atomic E-state index is 0.213. The first-order valence-corrected chi connectivity index (χ1v) is 31.8. The van der Waals surface area contributed by atoms with Gasteiger partial charge >= 0.3 is 0 Å². The van der Waals surface area contributed by atoms with Crippen LogP contribution >= 0.6 is 0 Å². The van der Waals surface area contributed by atoms with E-state index in [-0.39, 0.29) is 12.5 Å². The number of carbonyl (C=O) groups is 1. The summed E-state index contributed by atoms with van der Waals surface area (Å²) in [5, 5.41) is 87.3. The Hall–Kier alpha value is -2.83. The van der Waals surface area contributed by atoms with Crippen LogP contribution in [0.1, 0.15) is 232 Å². The van der Waals surface area contributed by atoms with Crippen LogP contribution < -0.4 is 5.32 Å². The average Bonchev–Trinajstić information content (AvgIpc) is 3.49. The Balaban J connectivity index is 1.65. The second-order valence-electron chi connectivity index (χ2n) is 22.2. The molecule has 80 heavy (non-hydrogen) atoms. The first kappa shape index (κ1) is 73.3. The number of ether oxygens (including phenoxy) is 4. The van der Waals surface area contributed by atoms with Crippen LogP contribution in [0.25, 0.3) is 0 Å². The van der Waals surface area contributed by atoms with Gasteiger partial charge in [-0.1, -0.05) is 240 Å². The molecule has 1 amide bonds. The number of hydrogen-bond donors (Lipinski definition) is 9. The molecule has 2 aliphatic rings. The molecule has 2 rings (SSSR count). The Labute approximate surface area is 484 Å². The lowest BCUT2D eigenvalue weighted by Gasteiger charge is -2.46. The van der Waals surface area contributed by atoms with Gasteiger partial charge in [-0.2, -0.15) is 0 Å². The van der Waals surface area contributed by atoms with Crippen molar-refractivity contribution in [2.75, 3.05) is 19.8 Å². The van der Waals surface area contributed by atoms with E-state index < -0.39 is 86.8 Å². The second-order valence-corrected chi connectivity index (χ2v) is 22.2. The molecular weight excluding hydrogens is 1010 g/mol. The largest absolute Gasteiger partial charge is 0.394 e. The van der Waals surface area contributed by atoms with Gasteiger partial charge in [0, 0.05) is 6.42 Å². The molecule has 12 atom stereocenters. The molecule has 0 aromatic heterocycles. The van der Waals surface area contributed by atoms with Gasteiger partial charge in [0.1, 0.15) is 48.8 Å². The molecule has 2 saturated heterocycles. The summed E-state index contributed by atoms with van der Waals surface area (Å²) in [6.45, 7) is 2.74. The number of rotatable bonds is 50. The number of hydrogen-bond acceptors (Lipinski definition) is 13. The zero-order valence-electron chi connectivity index (χ0n) is 49.8. The summed E-state index contributed by atoms with van der Waals surface area (Å²) in [6, 6.07) is -0.834. The standard InChI is InChI=1S/C66H115NO13/c1-3-5-7-9-11-13-15-17-18-19-20-21-22-23-24-25-26-27-28-29-30-31-32-33-34-35-36-38-40-42-44-46-48-50-58(71)67-54(55(70)49-47-45-43-41-39-37-16-14-12-10-8-6-4-2)53-77-65-63(76)61(74)64(57(52-69)79-65)80-66-62(75)60(73)59(72)56(51-68)78-66/h5,7,11,13,17-18,20-21,23-24,26-27,29-30,54-57,59-66,68-70,72-76H,3-4,6,8-10,12,14-16,19,22,25,28,31-53H2,1-2H3,(H,67,71)/b7-5-,13-11-,18-17-,21-20-,24-23-,27-26-,30-29-. The normalized spacial score (nSPS) is 24.8. The zero-order valence-corrected chi connectivity index (χ0v) is 49.8. The molecule has 0 aromatic rings. The number of aliphatic hydroxyl groups excluding tert-OH is 8. The summed E-state index contributed by atoms with van der Waals surface area (Å²) < 4.78 is 22.8. The third kappa shape index (κ3) is 35.3. The van der Waals surface area contributed by atoms with Crippen LogP contribution in [0.3, 0.4) is 0 Å². The maximum atomic E-state index is 13.3. The summed E-state index contributed by atoms with van der Waals surface area (Å²) >= 11 is 0. The van der Waals surface area contributed by atoms with E-state index in [1.54, 1.807) is 0 Å². The van der Waals surface area contributed by atoms with Gasteiger partial charge < -0.3 is 65.1 Å². The summed E-state index contributed by atoms with van der Waals surface area (Å²) in [7, 11) is 0. The highest BCUT2D eigenvalue weighted by Gasteiger charge is 2.51. The van der Waals surface area contributed by atoms with Crippen molar-refractivity contribution < 1.29 is 64.6 Å². The average molecular weight is 1130 g/mol. The molecule has 0 saturated carbocycles. The Morgan fingerprint density at radius 3 is 1.32 bits per heavy atom. The summed E-state index contributed by atoms with van der Waals surface area (Å²) in [6.07, 6.45) is 51.6. The van der Waals surface area contributed by atoms with Crippen molar-refractivity contribution in [3.8, 4) is 0 Å². The topological polar surface area (TPSA) is 228 Å². The maximum Gasteiger partial charge on any atom is 0.220 e. The van der Waals surface area contributed by atoms with Crippen LogP contribution in [0, 0.1) is 0 Å². The third-order valence-corrected chi connectivity index (χ3v) is 15.1. The van der Waals surface area contributed by atoms with Gasteiger partial charge in [0.15, 0.2) is 12.6 Å². The van der Waals surface area contributed by atoms with E-state index in [0.29, 0.717) is 12.8 Å². The molecule has 14 nitrogen and oxygen atoms in total. The smallest absolute Gasteiger partial charge is 0.220 e. The van der Waals surface area contributed by atoms with Crippen LogP contribution in [0.5, 0.6) is 0 Å². The Morgan fingerprint density at radius 1 is 0.463 bits per heavy atom. The molecule has 2 heterocycles. The van der Waals surface area contributed by atoms with Crippen molar-refractivity contribution in [1.29, 1.82) is 0 Å². The van der Waals surface area contributed by atoms with Crippen molar-refractivity contribution in [2.45, 2.75) is 306 Å². The number of amides is 1. The molecule has 462 valence electrons. The minimum atomic E-state index is -1.79. The Bertz CT molecular complexity index is 1660. The van der Waals surface area contributed by atoms with E-state index in [9.17, 15) is 45.6 Å². The number of carbonyl (C=O) groups excluding carboxylic acids is 1. The van der Waals surface area contributed by atoms with Crippen LogP contribution in [0.15, 0.2) is 85.1 Å². The lowest BCUT2D eigenvalue weighted by Crippen LogP contribution is -2.65. The molecule has 14 heteroatoms. The van der Waals surface area contributed by atoms with Gasteiger partial charge in [-0.3, -0.25) is 4.79 Å². The second kappa shape index (κ2) is 50.7. The molecule has 2 aliphatic heterocycles. The SMILES string of the molecule is CC/C=C\C/C=C\C/C=C\C/C=C\C/C=C\C/C=C\C/C=C\CCCCCCCCCCCCCC(=O)NC(COC1OC(CO)C(OC2OC(CO)C(O)C(O)C2O)C(O)C1O)C(O)CCCCCCCCCCCCCCC. The zero-order chi connectivity index (χ0) is 58.1. The van der Waals surface area contributed by atoms with Gasteiger partial charge in [-0.25, -0.2) is 0 Å². The van der Waals surface area contributed by atoms with Crippen LogP contribution in [-0.2, 0) is 23.7 Å². The number of unbranched alkanes of at least 4 members (excludes halogenated alkanes) is 23. The Morgan fingerprint density at radius 2 is 0.863 bits per heavy atom. The van der Waals surface area contributed by atoms with Gasteiger partial charge in [-0.05, 0) is 70.6 Å². The maximum absolute atomic E-state index is 13.3. The number of aliphatic hydroxyl groups is 8. The summed E-state index contributed by atoms with van der Waals surface area (Å²) in [4.78, 5) is 13.3. The molecule has 0 radical (unpaired) electrons. The monoisotopic (exact) mass is 1130 g/mol. The van der Waals surface area contributed by atoms with E-state index in [1.165, 1.54) is 103 Å². The molecule has 12 unspecified atom stereocenters. The molecule has 0 bridgehead atoms. The summed E-state index contributed by atoms with van der Waals surface area (Å²) in [5.41, 5.74) is 0. The molecule has 0 spiro atoms. The summed E-state index contributed by atoms with van der Waals surface area (Å²) in [5.74, 6) is -0.213. The first-order chi connectivity index (χ1) is 39.1. The highest BCUT2D eigenvalue weighted by Crippen LogP contribution is 2.30. The van der Waals surface area contributed by atoms with E-state index in [0.717, 1.165) is 103 Å². The number of nitrogens with one attached hydrogen (secondary N) is 1. The van der Waals surface area contributed by atoms with Crippen molar-refractivity contribution >= 4 is 5.91 Å². The van der Waals surface area contributed by atoms with Crippen molar-refractivity contribution in [3.05, 3.63) is 85.1 Å². The lowest BCUT2D eigenvalue weighted by atomic mass is 9.97. The van der Waals surface area contributed by atoms with E-state index in [2.05, 4.69) is 104 Å². The van der Waals surface area contributed by atoms with E-state index in [4.69, 9.17) is 18.9 Å². The van der Waals surface area contributed by atoms with E-state index in [1.807, 2.05) is 0 Å². The minimum Gasteiger partial charge on any atom is -0.394 e. The molecule has 0 aromatic carbocycles. The van der Waals surface area contributed by atoms with Crippen LogP contribution in [-0.4, -0.2) is 140 Å². The first-order valence-electron chi connectivity index (χ1n) is 31.8. The molecule has 2 fully saturated rings. The molecule has 0 aliphatic carbocycles. The van der Waals surface area contributed by atoms with Gasteiger partial charge in [0.2, 0.25) is 5.91 Å². The van der Waals surface area contributed by atoms with Crippen molar-refractivity contribution in [3.63, 3.8) is 0 Å². The van der Waals surface area contributed by atoms with Crippen LogP contribution in [0.4, 0.5) is 0 Å². The predicted octanol–water partition coefficient (Wildman–Crippen LogP) is 11.7. The van der Waals surface area contributed by atoms with Crippen molar-refractivity contribution in [2.24, 2.45) is 0 Å². The van der Waals surface area contributed by atoms with Crippen LogP contribution in [0.2, 0.25) is 0 Å². The van der Waals surface area contributed by atoms with E-state index >= 15 is 0 Å². The Kier molecular flexibility index (Phi) is 46.4. The lowest BCUT2D eigenvalue weighted by molar-refractivity contribution is -0.359. The molecule has 9 N–H and O–H groups in total. The highest BCUT2D eigenvalue weighted by atomic mass is 16.7. The van der Waals surface area contributed by atoms with Crippen molar-refractivity contribution in [1.82, 2.24) is 5.32 Å². The fraction of sp³-hybridized carbons (Fsp3) is 0.773. The van der Waals surface area contributed by atoms with Gasteiger partial charge in [0.05, 0.1) is 32.0 Å². The fourth-order valence-corrected chi connectivity index (χ4v) is 10.0. The third-order valence-electron chi connectivity index (χ3n) is 15.1. The highest BCUT2D eigenvalue weighted by molar-refractivity contribution is 5.76. The fourth-order valence-electron chi connectivity index (χ4n) is 10.0. The molecular formula is C66H115NO13. The van der Waals surface area contributed by atoms with Gasteiger partial charge in [0.25, 0.3) is 0 Å². The number of allylic oxidation sites excluding steroid dienone is 14.